The van der Waals surface area contributed by atoms with Crippen LogP contribution in [0.1, 0.15) is 15.9 Å². The maximum atomic E-state index is 12.5. The Morgan fingerprint density at radius 3 is 2.22 bits per heavy atom. The highest BCUT2D eigenvalue weighted by Gasteiger charge is 2.07. The van der Waals surface area contributed by atoms with E-state index in [1.807, 2.05) is 72.8 Å². The zero-order valence-electron chi connectivity index (χ0n) is 14.8. The van der Waals surface area contributed by atoms with Gasteiger partial charge in [0.05, 0.1) is 0 Å². The Kier molecular flexibility index (Phi) is 5.22. The van der Waals surface area contributed by atoms with Crippen molar-refractivity contribution >= 4 is 34.1 Å². The van der Waals surface area contributed by atoms with Crippen molar-refractivity contribution in [2.24, 2.45) is 0 Å². The van der Waals surface area contributed by atoms with E-state index in [2.05, 4.69) is 29.6 Å². The molecule has 4 aromatic carbocycles. The number of fused-ring (bicyclic) bond motifs is 1. The molecule has 132 valence electrons. The standard InChI is InChI=1S/C24H19NOS/c26-24(21-11-10-19-8-4-5-9-20(19)16-21)25-22-12-14-23(15-13-22)27-17-18-6-2-1-3-7-18/h1-16H,17H2,(H,25,26). The molecule has 0 unspecified atom stereocenters. The first-order chi connectivity index (χ1) is 13.3. The average Bonchev–Trinajstić information content (AvgIpc) is 2.73. The normalized spacial score (nSPS) is 10.7. The van der Waals surface area contributed by atoms with Crippen LogP contribution in [0.25, 0.3) is 10.8 Å². The fraction of sp³-hybridized carbons (Fsp3) is 0.0417. The lowest BCUT2D eigenvalue weighted by molar-refractivity contribution is 0.102. The van der Waals surface area contributed by atoms with E-state index in [4.69, 9.17) is 0 Å². The molecule has 0 saturated heterocycles. The monoisotopic (exact) mass is 369 g/mol. The zero-order chi connectivity index (χ0) is 18.5. The van der Waals surface area contributed by atoms with Gasteiger partial charge in [0.1, 0.15) is 0 Å². The van der Waals surface area contributed by atoms with Gasteiger partial charge in [-0.3, -0.25) is 4.79 Å². The molecule has 0 aliphatic carbocycles. The number of anilines is 1. The third-order valence-corrected chi connectivity index (χ3v) is 5.46. The molecule has 0 aliphatic rings. The summed E-state index contributed by atoms with van der Waals surface area (Å²) in [5.74, 6) is 0.842. The van der Waals surface area contributed by atoms with Crippen LogP contribution in [0.4, 0.5) is 5.69 Å². The molecule has 0 saturated carbocycles. The van der Waals surface area contributed by atoms with Crippen molar-refractivity contribution in [2.75, 3.05) is 5.32 Å². The Morgan fingerprint density at radius 1 is 0.741 bits per heavy atom. The van der Waals surface area contributed by atoms with Crippen LogP contribution in [0, 0.1) is 0 Å². The number of rotatable bonds is 5. The molecule has 4 rings (SSSR count). The first-order valence-corrected chi connectivity index (χ1v) is 9.83. The smallest absolute Gasteiger partial charge is 0.255 e. The minimum absolute atomic E-state index is 0.0922. The van der Waals surface area contributed by atoms with Crippen LogP contribution < -0.4 is 5.32 Å². The van der Waals surface area contributed by atoms with Gasteiger partial charge in [-0.15, -0.1) is 11.8 Å². The number of hydrogen-bond donors (Lipinski definition) is 1. The molecular formula is C24H19NOS. The summed E-state index contributed by atoms with van der Waals surface area (Å²) in [5, 5.41) is 5.18. The van der Waals surface area contributed by atoms with Gasteiger partial charge in [-0.25, -0.2) is 0 Å². The van der Waals surface area contributed by atoms with Crippen LogP contribution in [0.15, 0.2) is 102 Å². The van der Waals surface area contributed by atoms with E-state index in [1.165, 1.54) is 10.5 Å². The number of hydrogen-bond acceptors (Lipinski definition) is 2. The molecule has 1 N–H and O–H groups in total. The molecule has 0 spiro atoms. The molecule has 0 aliphatic heterocycles. The summed E-state index contributed by atoms with van der Waals surface area (Å²) in [7, 11) is 0. The summed E-state index contributed by atoms with van der Waals surface area (Å²) in [6, 6.07) is 32.2. The second-order valence-electron chi connectivity index (χ2n) is 6.31. The topological polar surface area (TPSA) is 29.1 Å². The van der Waals surface area contributed by atoms with Crippen LogP contribution in [0.3, 0.4) is 0 Å². The minimum Gasteiger partial charge on any atom is -0.322 e. The minimum atomic E-state index is -0.0922. The first-order valence-electron chi connectivity index (χ1n) is 8.85. The van der Waals surface area contributed by atoms with Gasteiger partial charge in [-0.1, -0.05) is 60.7 Å². The van der Waals surface area contributed by atoms with Gasteiger partial charge in [0.2, 0.25) is 0 Å². The lowest BCUT2D eigenvalue weighted by Crippen LogP contribution is -2.11. The summed E-state index contributed by atoms with van der Waals surface area (Å²) >= 11 is 1.79. The lowest BCUT2D eigenvalue weighted by Gasteiger charge is -2.08. The fourth-order valence-electron chi connectivity index (χ4n) is 2.91. The molecule has 1 amide bonds. The SMILES string of the molecule is O=C(Nc1ccc(SCc2ccccc2)cc1)c1ccc2ccccc2c1. The Balaban J connectivity index is 1.40. The predicted molar refractivity (Wildman–Crippen MR) is 114 cm³/mol. The van der Waals surface area contributed by atoms with Crippen LogP contribution in [-0.2, 0) is 5.75 Å². The summed E-state index contributed by atoms with van der Waals surface area (Å²) in [6.07, 6.45) is 0. The van der Waals surface area contributed by atoms with E-state index < -0.39 is 0 Å². The van der Waals surface area contributed by atoms with Crippen LogP contribution in [0.5, 0.6) is 0 Å². The number of carbonyl (C=O) groups is 1. The molecule has 27 heavy (non-hydrogen) atoms. The van der Waals surface area contributed by atoms with Crippen molar-refractivity contribution in [1.29, 1.82) is 0 Å². The molecule has 0 heterocycles. The van der Waals surface area contributed by atoms with E-state index in [9.17, 15) is 4.79 Å². The van der Waals surface area contributed by atoms with Crippen molar-refractivity contribution in [3.8, 4) is 0 Å². The average molecular weight is 369 g/mol. The second kappa shape index (κ2) is 8.11. The zero-order valence-corrected chi connectivity index (χ0v) is 15.6. The Morgan fingerprint density at radius 2 is 1.44 bits per heavy atom. The van der Waals surface area contributed by atoms with Crippen LogP contribution >= 0.6 is 11.8 Å². The summed E-state index contributed by atoms with van der Waals surface area (Å²) < 4.78 is 0. The van der Waals surface area contributed by atoms with Crippen molar-refractivity contribution in [3.05, 3.63) is 108 Å². The van der Waals surface area contributed by atoms with Gasteiger partial charge in [0.15, 0.2) is 0 Å². The van der Waals surface area contributed by atoms with Crippen molar-refractivity contribution in [1.82, 2.24) is 0 Å². The molecule has 0 fully saturated rings. The quantitative estimate of drug-likeness (QED) is 0.413. The van der Waals surface area contributed by atoms with Crippen LogP contribution in [-0.4, -0.2) is 5.91 Å². The van der Waals surface area contributed by atoms with Gasteiger partial charge >= 0.3 is 0 Å². The van der Waals surface area contributed by atoms with Gasteiger partial charge < -0.3 is 5.32 Å². The Labute approximate surface area is 163 Å². The van der Waals surface area contributed by atoms with Gasteiger partial charge in [-0.2, -0.15) is 0 Å². The number of benzene rings is 4. The largest absolute Gasteiger partial charge is 0.322 e. The third kappa shape index (κ3) is 4.39. The number of thioether (sulfide) groups is 1. The van der Waals surface area contributed by atoms with Crippen molar-refractivity contribution < 1.29 is 4.79 Å². The molecular weight excluding hydrogens is 350 g/mol. The van der Waals surface area contributed by atoms with E-state index in [1.54, 1.807) is 11.8 Å². The molecule has 3 heteroatoms. The highest BCUT2D eigenvalue weighted by Crippen LogP contribution is 2.24. The maximum Gasteiger partial charge on any atom is 0.255 e. The molecule has 0 aromatic heterocycles. The predicted octanol–water partition coefficient (Wildman–Crippen LogP) is 6.38. The van der Waals surface area contributed by atoms with Crippen LogP contribution in [0.2, 0.25) is 0 Å². The van der Waals surface area contributed by atoms with E-state index in [-0.39, 0.29) is 5.91 Å². The Hall–Kier alpha value is -3.04. The molecule has 0 radical (unpaired) electrons. The van der Waals surface area contributed by atoms with Gasteiger partial charge in [0, 0.05) is 21.9 Å². The highest BCUT2D eigenvalue weighted by molar-refractivity contribution is 7.98. The second-order valence-corrected chi connectivity index (χ2v) is 7.36. The number of nitrogens with one attached hydrogen (secondary N) is 1. The summed E-state index contributed by atoms with van der Waals surface area (Å²) in [4.78, 5) is 13.7. The highest BCUT2D eigenvalue weighted by atomic mass is 32.2. The Bertz CT molecular complexity index is 1060. The lowest BCUT2D eigenvalue weighted by atomic mass is 10.1. The maximum absolute atomic E-state index is 12.5. The third-order valence-electron chi connectivity index (χ3n) is 4.37. The van der Waals surface area contributed by atoms with Gasteiger partial charge in [0.25, 0.3) is 5.91 Å². The van der Waals surface area contributed by atoms with E-state index >= 15 is 0 Å². The summed E-state index contributed by atoms with van der Waals surface area (Å²) in [6.45, 7) is 0. The molecule has 4 aromatic rings. The van der Waals surface area contributed by atoms with Crippen molar-refractivity contribution in [3.63, 3.8) is 0 Å². The van der Waals surface area contributed by atoms with E-state index in [0.717, 1.165) is 22.2 Å². The molecule has 0 atom stereocenters. The van der Waals surface area contributed by atoms with E-state index in [0.29, 0.717) is 5.56 Å². The van der Waals surface area contributed by atoms with Gasteiger partial charge in [-0.05, 0) is 52.7 Å². The first kappa shape index (κ1) is 17.4. The number of carbonyl (C=O) groups excluding carboxylic acids is 1. The molecule has 2 nitrogen and oxygen atoms in total. The van der Waals surface area contributed by atoms with Crippen molar-refractivity contribution in [2.45, 2.75) is 10.6 Å². The number of amides is 1. The fourth-order valence-corrected chi connectivity index (χ4v) is 3.76. The molecule has 0 bridgehead atoms. The summed E-state index contributed by atoms with van der Waals surface area (Å²) in [5.41, 5.74) is 2.77.